The molecule has 3 amide bonds. The van der Waals surface area contributed by atoms with Crippen molar-refractivity contribution in [2.24, 2.45) is 5.92 Å². The maximum Gasteiger partial charge on any atom is 0.323 e. The molecule has 3 aromatic rings. The summed E-state index contributed by atoms with van der Waals surface area (Å²) in [5.74, 6) is 0.569. The van der Waals surface area contributed by atoms with E-state index < -0.39 is 12.1 Å². The number of likely N-dealkylation sites (N-methyl/N-ethyl adjacent to an activating group) is 1. The number of rotatable bonds is 8. The molecule has 0 radical (unpaired) electrons. The van der Waals surface area contributed by atoms with Gasteiger partial charge in [0.05, 0.1) is 30.4 Å². The Morgan fingerprint density at radius 1 is 1.15 bits per heavy atom. The molecule has 2 aromatic heterocycles. The number of fused-ring (bicyclic) bond motifs is 1. The number of benzene rings is 1. The summed E-state index contributed by atoms with van der Waals surface area (Å²) < 4.78 is 17.9. The Morgan fingerprint density at radius 2 is 1.91 bits per heavy atom. The number of aromatic nitrogens is 2. The van der Waals surface area contributed by atoms with E-state index in [9.17, 15) is 14.7 Å². The van der Waals surface area contributed by atoms with Gasteiger partial charge in [-0.05, 0) is 89.9 Å². The van der Waals surface area contributed by atoms with Crippen LogP contribution in [0.5, 0.6) is 5.75 Å². The van der Waals surface area contributed by atoms with Crippen LogP contribution in [0.25, 0.3) is 0 Å². The van der Waals surface area contributed by atoms with Gasteiger partial charge >= 0.3 is 6.03 Å². The van der Waals surface area contributed by atoms with Crippen molar-refractivity contribution >= 4 is 23.3 Å². The van der Waals surface area contributed by atoms with Crippen LogP contribution >= 0.6 is 0 Å². The van der Waals surface area contributed by atoms with Gasteiger partial charge in [-0.1, -0.05) is 12.1 Å². The molecule has 12 heteroatoms. The third-order valence-corrected chi connectivity index (χ3v) is 8.27. The second-order valence-corrected chi connectivity index (χ2v) is 12.3. The Bertz CT molecular complexity index is 1410. The molecule has 3 N–H and O–H groups in total. The zero-order valence-corrected chi connectivity index (χ0v) is 27.8. The van der Waals surface area contributed by atoms with Crippen molar-refractivity contribution in [2.75, 3.05) is 44.0 Å². The molecule has 0 bridgehead atoms. The summed E-state index contributed by atoms with van der Waals surface area (Å²) in [6.45, 7) is 11.5. The number of nitrogens with one attached hydrogen (secondary N) is 2. The second kappa shape index (κ2) is 16.5. The lowest BCUT2D eigenvalue weighted by Gasteiger charge is -2.36. The van der Waals surface area contributed by atoms with Gasteiger partial charge in [0.1, 0.15) is 17.1 Å². The molecule has 1 aliphatic heterocycles. The van der Waals surface area contributed by atoms with Crippen molar-refractivity contribution in [3.8, 4) is 5.75 Å². The van der Waals surface area contributed by atoms with Crippen LogP contribution in [-0.4, -0.2) is 88.6 Å². The fourth-order valence-electron chi connectivity index (χ4n) is 5.57. The van der Waals surface area contributed by atoms with Gasteiger partial charge in [0.15, 0.2) is 5.76 Å². The predicted molar refractivity (Wildman–Crippen MR) is 176 cm³/mol. The minimum Gasteiger partial charge on any atom is -0.490 e. The first kappa shape index (κ1) is 34.9. The number of aryl methyl sites for hydroxylation is 2. The lowest BCUT2D eigenvalue weighted by molar-refractivity contribution is -0.0177. The number of anilines is 2. The summed E-state index contributed by atoms with van der Waals surface area (Å²) in [7, 11) is 2.06. The van der Waals surface area contributed by atoms with E-state index in [-0.39, 0.29) is 30.6 Å². The molecule has 4 atom stereocenters. The van der Waals surface area contributed by atoms with Crippen LogP contribution in [0.4, 0.5) is 16.2 Å². The highest BCUT2D eigenvalue weighted by atomic mass is 16.5. The minimum absolute atomic E-state index is 0.0498. The van der Waals surface area contributed by atoms with E-state index in [1.54, 1.807) is 49.3 Å². The average Bonchev–Trinajstić information content (AvgIpc) is 3.34. The topological polar surface area (TPSA) is 142 Å². The van der Waals surface area contributed by atoms with Crippen molar-refractivity contribution < 1.29 is 28.7 Å². The number of aliphatic hydroxyl groups excluding tert-OH is 1. The quantitative estimate of drug-likeness (QED) is 0.302. The van der Waals surface area contributed by atoms with Gasteiger partial charge in [-0.3, -0.25) is 14.7 Å². The number of hydrogen-bond donors (Lipinski definition) is 3. The van der Waals surface area contributed by atoms with Crippen LogP contribution in [0.2, 0.25) is 0 Å². The molecule has 250 valence electrons. The van der Waals surface area contributed by atoms with E-state index in [0.29, 0.717) is 53.8 Å². The highest BCUT2D eigenvalue weighted by molar-refractivity contribution is 6.03. The third kappa shape index (κ3) is 9.51. The van der Waals surface area contributed by atoms with Crippen LogP contribution < -0.4 is 15.4 Å². The summed E-state index contributed by atoms with van der Waals surface area (Å²) in [6.07, 6.45) is 5.86. The number of carbonyl (C=O) groups excluding carboxylic acids is 2. The minimum atomic E-state index is -0.498. The van der Waals surface area contributed by atoms with Gasteiger partial charge in [-0.15, -0.1) is 0 Å². The summed E-state index contributed by atoms with van der Waals surface area (Å²) >= 11 is 0. The van der Waals surface area contributed by atoms with Crippen molar-refractivity contribution in [1.82, 2.24) is 19.9 Å². The number of aliphatic hydroxyl groups is 1. The lowest BCUT2D eigenvalue weighted by Crippen LogP contribution is -2.47. The van der Waals surface area contributed by atoms with Crippen molar-refractivity contribution in [3.05, 3.63) is 65.3 Å². The van der Waals surface area contributed by atoms with Gasteiger partial charge in [0.2, 0.25) is 0 Å². The van der Waals surface area contributed by atoms with E-state index in [1.807, 2.05) is 26.0 Å². The molecule has 0 unspecified atom stereocenters. The Morgan fingerprint density at radius 3 is 2.61 bits per heavy atom. The highest BCUT2D eigenvalue weighted by Crippen LogP contribution is 2.29. The number of ether oxygens (including phenoxy) is 2. The Hall–Kier alpha value is -4.00. The van der Waals surface area contributed by atoms with Crippen molar-refractivity contribution in [2.45, 2.75) is 78.7 Å². The van der Waals surface area contributed by atoms with Crippen LogP contribution in [0, 0.1) is 19.8 Å². The Labute approximate surface area is 271 Å². The van der Waals surface area contributed by atoms with Gasteiger partial charge in [0, 0.05) is 50.2 Å². The predicted octanol–water partition coefficient (Wildman–Crippen LogP) is 5.26. The first-order valence-electron chi connectivity index (χ1n) is 16.0. The molecule has 4 rings (SSSR count). The largest absolute Gasteiger partial charge is 0.490 e. The first-order valence-corrected chi connectivity index (χ1v) is 16.0. The summed E-state index contributed by atoms with van der Waals surface area (Å²) in [4.78, 5) is 35.2. The number of pyridine rings is 1. The van der Waals surface area contributed by atoms with Crippen LogP contribution in [0.3, 0.4) is 0 Å². The molecular weight excluding hydrogens is 588 g/mol. The number of nitrogens with zero attached hydrogens (tertiary/aromatic N) is 4. The average molecular weight is 637 g/mol. The SMILES string of the molecule is Cc1noc(C)c1NC(=O)Nc1ccc2c(c1)C(=O)N([C@@H](C)CO)C[C@H](C)[C@H](CN(C)Cc1ccncc1)OCCCC[C@@H](C)O2. The van der Waals surface area contributed by atoms with Gasteiger partial charge < -0.3 is 34.6 Å². The summed E-state index contributed by atoms with van der Waals surface area (Å²) in [5.41, 5.74) is 2.93. The molecule has 1 aliphatic rings. The standard InChI is InChI=1S/C34H48N6O6/c1-22-18-40(23(2)21-41)33(42)29-17-28(36-34(43)37-32-25(4)38-46-26(32)5)10-11-30(29)45-24(3)9-7-8-16-44-31(22)20-39(6)19-27-12-14-35-15-13-27/h10-15,17,22-24,31,41H,7-9,16,18-21H2,1-6H3,(H2,36,37,43)/t22-,23-,24+,31-/m0/s1. The number of amides is 3. The third-order valence-electron chi connectivity index (χ3n) is 8.27. The fourth-order valence-corrected chi connectivity index (χ4v) is 5.57. The van der Waals surface area contributed by atoms with E-state index in [0.717, 1.165) is 31.4 Å². The molecule has 3 heterocycles. The van der Waals surface area contributed by atoms with Gasteiger partial charge in [0.25, 0.3) is 5.91 Å². The molecule has 0 aliphatic carbocycles. The summed E-state index contributed by atoms with van der Waals surface area (Å²) in [6, 6.07) is 8.08. The fraction of sp³-hybridized carbons (Fsp3) is 0.529. The Kier molecular flexibility index (Phi) is 12.5. The smallest absolute Gasteiger partial charge is 0.323 e. The normalized spacial score (nSPS) is 20.4. The molecule has 0 saturated carbocycles. The number of urea groups is 1. The first-order chi connectivity index (χ1) is 22.0. The monoisotopic (exact) mass is 636 g/mol. The number of carbonyl (C=O) groups is 2. The zero-order chi connectivity index (χ0) is 33.2. The van der Waals surface area contributed by atoms with Crippen molar-refractivity contribution in [3.63, 3.8) is 0 Å². The second-order valence-electron chi connectivity index (χ2n) is 12.3. The van der Waals surface area contributed by atoms with Crippen molar-refractivity contribution in [1.29, 1.82) is 0 Å². The maximum atomic E-state index is 14.3. The van der Waals surface area contributed by atoms with Crippen LogP contribution in [0.15, 0.2) is 47.2 Å². The maximum absolute atomic E-state index is 14.3. The molecule has 1 aromatic carbocycles. The lowest BCUT2D eigenvalue weighted by atomic mass is 10.0. The van der Waals surface area contributed by atoms with Gasteiger partial charge in [-0.2, -0.15) is 0 Å². The molecule has 0 fully saturated rings. The number of hydrogen-bond acceptors (Lipinski definition) is 9. The zero-order valence-electron chi connectivity index (χ0n) is 27.8. The highest BCUT2D eigenvalue weighted by Gasteiger charge is 2.30. The van der Waals surface area contributed by atoms with E-state index >= 15 is 0 Å². The summed E-state index contributed by atoms with van der Waals surface area (Å²) in [5, 5.41) is 19.7. The van der Waals surface area contributed by atoms with Crippen LogP contribution in [0.1, 0.15) is 67.4 Å². The van der Waals surface area contributed by atoms with E-state index in [4.69, 9.17) is 14.0 Å². The molecule has 12 nitrogen and oxygen atoms in total. The molecule has 0 spiro atoms. The van der Waals surface area contributed by atoms with E-state index in [2.05, 4.69) is 39.6 Å². The van der Waals surface area contributed by atoms with Crippen LogP contribution in [-0.2, 0) is 11.3 Å². The molecule has 46 heavy (non-hydrogen) atoms. The Balaban J connectivity index is 1.60. The molecular formula is C34H48N6O6. The van der Waals surface area contributed by atoms with E-state index in [1.165, 1.54) is 0 Å². The molecule has 0 saturated heterocycles. The van der Waals surface area contributed by atoms with Gasteiger partial charge in [-0.25, -0.2) is 4.79 Å².